The van der Waals surface area contributed by atoms with Crippen LogP contribution in [0.1, 0.15) is 42.7 Å². The second-order valence-electron chi connectivity index (χ2n) is 4.87. The molecule has 0 bridgehead atoms. The Morgan fingerprint density at radius 1 is 1.32 bits per heavy atom. The maximum absolute atomic E-state index is 12.3. The Morgan fingerprint density at radius 3 is 2.42 bits per heavy atom. The average Bonchev–Trinajstić information content (AvgIpc) is 2.84. The van der Waals surface area contributed by atoms with Crippen LogP contribution in [0.15, 0.2) is 21.2 Å². The third-order valence-electron chi connectivity index (χ3n) is 3.81. The zero-order valence-corrected chi connectivity index (χ0v) is 12.3. The second kappa shape index (κ2) is 5.36. The Bertz CT molecular complexity index is 491. The van der Waals surface area contributed by atoms with E-state index in [-0.39, 0.29) is 5.76 Å². The summed E-state index contributed by atoms with van der Waals surface area (Å²) in [6.45, 7) is 0. The molecule has 0 aromatic carbocycles. The summed E-state index contributed by atoms with van der Waals surface area (Å²) in [5, 5.41) is 9.53. The van der Waals surface area contributed by atoms with Gasteiger partial charge in [0.1, 0.15) is 5.54 Å². The van der Waals surface area contributed by atoms with E-state index in [1.807, 2.05) is 0 Å². The van der Waals surface area contributed by atoms with Gasteiger partial charge >= 0.3 is 5.97 Å². The van der Waals surface area contributed by atoms with Crippen LogP contribution in [0.25, 0.3) is 0 Å². The van der Waals surface area contributed by atoms with E-state index in [9.17, 15) is 14.7 Å². The molecule has 2 rings (SSSR count). The van der Waals surface area contributed by atoms with Crippen LogP contribution in [0, 0.1) is 0 Å². The summed E-state index contributed by atoms with van der Waals surface area (Å²) in [6, 6.07) is 3.16. The highest BCUT2D eigenvalue weighted by Gasteiger charge is 2.46. The van der Waals surface area contributed by atoms with Crippen molar-refractivity contribution in [3.8, 4) is 0 Å². The molecular formula is C13H16BrNO4. The summed E-state index contributed by atoms with van der Waals surface area (Å²) in [5.41, 5.74) is -1.10. The number of rotatable bonds is 3. The van der Waals surface area contributed by atoms with E-state index in [1.54, 1.807) is 12.1 Å². The Morgan fingerprint density at radius 2 is 1.95 bits per heavy atom. The summed E-state index contributed by atoms with van der Waals surface area (Å²) in [4.78, 5) is 25.3. The van der Waals surface area contributed by atoms with Crippen LogP contribution in [-0.2, 0) is 4.79 Å². The van der Waals surface area contributed by atoms with E-state index >= 15 is 0 Å². The number of amides is 1. The Kier molecular flexibility index (Phi) is 3.99. The van der Waals surface area contributed by atoms with Gasteiger partial charge in [-0.05, 0) is 40.9 Å². The third kappa shape index (κ3) is 2.54. The quantitative estimate of drug-likeness (QED) is 0.925. The largest absolute Gasteiger partial charge is 0.479 e. The standard InChI is InChI=1S/C13H16BrNO4/c1-15(11(16)9-5-6-10(14)19-9)13(12(17)18)7-3-2-4-8-13/h5-6H,2-4,7-8H2,1H3,(H,17,18). The van der Waals surface area contributed by atoms with Crippen molar-refractivity contribution in [1.29, 1.82) is 0 Å². The summed E-state index contributed by atoms with van der Waals surface area (Å²) in [6.07, 6.45) is 3.65. The van der Waals surface area contributed by atoms with Gasteiger partial charge < -0.3 is 14.4 Å². The first kappa shape index (κ1) is 14.1. The van der Waals surface area contributed by atoms with Gasteiger partial charge in [0.2, 0.25) is 0 Å². The molecule has 1 saturated carbocycles. The van der Waals surface area contributed by atoms with Crippen LogP contribution in [-0.4, -0.2) is 34.5 Å². The summed E-state index contributed by atoms with van der Waals surface area (Å²) in [7, 11) is 1.54. The monoisotopic (exact) mass is 329 g/mol. The predicted octanol–water partition coefficient (Wildman–Crippen LogP) is 2.90. The molecule has 1 aromatic rings. The minimum Gasteiger partial charge on any atom is -0.479 e. The first-order chi connectivity index (χ1) is 8.97. The van der Waals surface area contributed by atoms with Crippen LogP contribution in [0.2, 0.25) is 0 Å². The van der Waals surface area contributed by atoms with Crippen molar-refractivity contribution in [2.24, 2.45) is 0 Å². The molecule has 0 atom stereocenters. The lowest BCUT2D eigenvalue weighted by molar-refractivity contribution is -0.151. The van der Waals surface area contributed by atoms with Gasteiger partial charge in [0.15, 0.2) is 10.4 Å². The molecule has 1 heterocycles. The number of hydrogen-bond donors (Lipinski definition) is 1. The lowest BCUT2D eigenvalue weighted by Gasteiger charge is -2.40. The molecule has 1 fully saturated rings. The molecule has 5 nitrogen and oxygen atoms in total. The highest BCUT2D eigenvalue weighted by atomic mass is 79.9. The molecule has 0 unspecified atom stereocenters. The Hall–Kier alpha value is -1.30. The van der Waals surface area contributed by atoms with Crippen LogP contribution in [0.3, 0.4) is 0 Å². The van der Waals surface area contributed by atoms with Gasteiger partial charge in [-0.2, -0.15) is 0 Å². The van der Waals surface area contributed by atoms with Crippen molar-refractivity contribution < 1.29 is 19.1 Å². The van der Waals surface area contributed by atoms with Gasteiger partial charge in [-0.1, -0.05) is 19.3 Å². The molecule has 1 aliphatic rings. The SMILES string of the molecule is CN(C(=O)c1ccc(Br)o1)C1(C(=O)O)CCCCC1. The number of likely N-dealkylation sites (N-methyl/N-ethyl adjacent to an activating group) is 1. The fraction of sp³-hybridized carbons (Fsp3) is 0.538. The fourth-order valence-corrected chi connectivity index (χ4v) is 2.92. The zero-order valence-electron chi connectivity index (χ0n) is 10.7. The van der Waals surface area contributed by atoms with Gasteiger partial charge in [0.05, 0.1) is 0 Å². The van der Waals surface area contributed by atoms with Crippen LogP contribution >= 0.6 is 15.9 Å². The first-order valence-corrected chi connectivity index (χ1v) is 7.03. The van der Waals surface area contributed by atoms with Crippen LogP contribution in [0.5, 0.6) is 0 Å². The van der Waals surface area contributed by atoms with E-state index < -0.39 is 17.4 Å². The molecule has 104 valence electrons. The molecular weight excluding hydrogens is 314 g/mol. The van der Waals surface area contributed by atoms with Crippen LogP contribution < -0.4 is 0 Å². The number of nitrogens with zero attached hydrogens (tertiary/aromatic N) is 1. The molecule has 0 spiro atoms. The number of carboxylic acids is 1. The van der Waals surface area contributed by atoms with Gasteiger partial charge in [0, 0.05) is 7.05 Å². The summed E-state index contributed by atoms with van der Waals surface area (Å²) >= 11 is 3.13. The molecule has 19 heavy (non-hydrogen) atoms. The van der Waals surface area contributed by atoms with Gasteiger partial charge in [-0.25, -0.2) is 4.79 Å². The van der Waals surface area contributed by atoms with Crippen molar-refractivity contribution in [3.05, 3.63) is 22.6 Å². The fourth-order valence-electron chi connectivity index (χ4n) is 2.62. The van der Waals surface area contributed by atoms with E-state index in [1.165, 1.54) is 11.9 Å². The normalized spacial score (nSPS) is 18.0. The highest BCUT2D eigenvalue weighted by Crippen LogP contribution is 2.34. The van der Waals surface area contributed by atoms with E-state index in [2.05, 4.69) is 15.9 Å². The van der Waals surface area contributed by atoms with Gasteiger partial charge in [0.25, 0.3) is 5.91 Å². The first-order valence-electron chi connectivity index (χ1n) is 6.24. The molecule has 0 aliphatic heterocycles. The van der Waals surface area contributed by atoms with Crippen molar-refractivity contribution >= 4 is 27.8 Å². The lowest BCUT2D eigenvalue weighted by Crippen LogP contribution is -2.56. The zero-order chi connectivity index (χ0) is 14.0. The topological polar surface area (TPSA) is 70.8 Å². The Balaban J connectivity index is 2.27. The number of halogens is 1. The number of aliphatic carboxylic acids is 1. The number of furan rings is 1. The third-order valence-corrected chi connectivity index (χ3v) is 4.24. The number of hydrogen-bond acceptors (Lipinski definition) is 3. The van der Waals surface area contributed by atoms with Crippen molar-refractivity contribution in [3.63, 3.8) is 0 Å². The molecule has 1 N–H and O–H groups in total. The minimum absolute atomic E-state index is 0.153. The number of carboxylic acid groups (broad SMARTS) is 1. The predicted molar refractivity (Wildman–Crippen MR) is 72.0 cm³/mol. The summed E-state index contributed by atoms with van der Waals surface area (Å²) < 4.78 is 5.67. The van der Waals surface area contributed by atoms with Gasteiger partial charge in [-0.3, -0.25) is 4.79 Å². The molecule has 0 radical (unpaired) electrons. The van der Waals surface area contributed by atoms with E-state index in [0.717, 1.165) is 19.3 Å². The number of carbonyl (C=O) groups excluding carboxylic acids is 1. The molecule has 1 aliphatic carbocycles. The molecule has 1 aromatic heterocycles. The second-order valence-corrected chi connectivity index (χ2v) is 5.65. The van der Waals surface area contributed by atoms with Crippen molar-refractivity contribution in [1.82, 2.24) is 4.90 Å². The van der Waals surface area contributed by atoms with E-state index in [4.69, 9.17) is 4.42 Å². The van der Waals surface area contributed by atoms with Crippen molar-refractivity contribution in [2.75, 3.05) is 7.05 Å². The summed E-state index contributed by atoms with van der Waals surface area (Å²) in [5.74, 6) is -1.18. The number of carbonyl (C=O) groups is 2. The van der Waals surface area contributed by atoms with E-state index in [0.29, 0.717) is 17.5 Å². The maximum Gasteiger partial charge on any atom is 0.329 e. The molecule has 1 amide bonds. The lowest BCUT2D eigenvalue weighted by atomic mass is 9.80. The maximum atomic E-state index is 12.3. The average molecular weight is 330 g/mol. The smallest absolute Gasteiger partial charge is 0.329 e. The van der Waals surface area contributed by atoms with Crippen molar-refractivity contribution in [2.45, 2.75) is 37.6 Å². The van der Waals surface area contributed by atoms with Crippen LogP contribution in [0.4, 0.5) is 0 Å². The molecule has 6 heteroatoms. The highest BCUT2D eigenvalue weighted by molar-refractivity contribution is 9.10. The van der Waals surface area contributed by atoms with Gasteiger partial charge in [-0.15, -0.1) is 0 Å². The Labute approximate surface area is 119 Å². The minimum atomic E-state index is -1.10. The molecule has 0 saturated heterocycles.